The third-order valence-corrected chi connectivity index (χ3v) is 2.48. The molecule has 0 aromatic carbocycles. The highest BCUT2D eigenvalue weighted by Crippen LogP contribution is 1.99. The Morgan fingerprint density at radius 3 is 2.78 bits per heavy atom. The number of aromatic nitrogens is 2. The van der Waals surface area contributed by atoms with Crippen molar-refractivity contribution in [3.63, 3.8) is 0 Å². The van der Waals surface area contributed by atoms with Gasteiger partial charge in [-0.1, -0.05) is 18.5 Å². The second-order valence-electron chi connectivity index (χ2n) is 4.18. The fourth-order valence-corrected chi connectivity index (χ4v) is 1.52. The van der Waals surface area contributed by atoms with Crippen LogP contribution in [0.1, 0.15) is 38.4 Å². The molecule has 102 valence electrons. The van der Waals surface area contributed by atoms with Crippen LogP contribution in [0.3, 0.4) is 0 Å². The molecule has 0 bridgehead atoms. The summed E-state index contributed by atoms with van der Waals surface area (Å²) in [5.74, 6) is 2.07. The number of rotatable bonds is 6. The highest BCUT2D eigenvalue weighted by Gasteiger charge is 2.06. The van der Waals surface area contributed by atoms with Gasteiger partial charge in [0.1, 0.15) is 6.54 Å². The van der Waals surface area contributed by atoms with Crippen molar-refractivity contribution >= 4 is 5.96 Å². The van der Waals surface area contributed by atoms with Gasteiger partial charge in [-0.2, -0.15) is 4.98 Å². The van der Waals surface area contributed by atoms with E-state index in [0.29, 0.717) is 18.3 Å². The zero-order valence-corrected chi connectivity index (χ0v) is 11.7. The Bertz CT molecular complexity index is 374. The van der Waals surface area contributed by atoms with Gasteiger partial charge in [0.2, 0.25) is 5.89 Å². The summed E-state index contributed by atoms with van der Waals surface area (Å²) in [5.41, 5.74) is 0. The molecule has 0 aliphatic carbocycles. The van der Waals surface area contributed by atoms with Crippen LogP contribution in [0.15, 0.2) is 9.52 Å². The Morgan fingerprint density at radius 2 is 2.22 bits per heavy atom. The fourth-order valence-electron chi connectivity index (χ4n) is 1.52. The smallest absolute Gasteiger partial charge is 0.248 e. The highest BCUT2D eigenvalue weighted by atomic mass is 16.5. The van der Waals surface area contributed by atoms with E-state index in [1.54, 1.807) is 6.92 Å². The second kappa shape index (κ2) is 7.68. The molecule has 1 N–H and O–H groups in total. The van der Waals surface area contributed by atoms with E-state index in [9.17, 15) is 0 Å². The van der Waals surface area contributed by atoms with E-state index in [-0.39, 0.29) is 0 Å². The molecular weight excluding hydrogens is 230 g/mol. The number of guanidine groups is 1. The number of nitrogens with one attached hydrogen (secondary N) is 1. The predicted octanol–water partition coefficient (Wildman–Crippen LogP) is 1.58. The van der Waals surface area contributed by atoms with Gasteiger partial charge >= 0.3 is 0 Å². The van der Waals surface area contributed by atoms with Gasteiger partial charge in [-0.15, -0.1) is 0 Å². The predicted molar refractivity (Wildman–Crippen MR) is 71.4 cm³/mol. The van der Waals surface area contributed by atoms with Gasteiger partial charge in [0.25, 0.3) is 0 Å². The molecule has 0 saturated heterocycles. The van der Waals surface area contributed by atoms with E-state index in [1.165, 1.54) is 6.42 Å². The molecule has 18 heavy (non-hydrogen) atoms. The number of unbranched alkanes of at least 4 members (excludes halogenated alkanes) is 1. The average molecular weight is 253 g/mol. The molecule has 0 fully saturated rings. The Morgan fingerprint density at radius 1 is 1.44 bits per heavy atom. The lowest BCUT2D eigenvalue weighted by Gasteiger charge is -2.21. The molecule has 0 aliphatic heterocycles. The number of aliphatic imine (C=N–C) groups is 1. The molecular formula is C12H23N5O. The number of aryl methyl sites for hydroxylation is 1. The van der Waals surface area contributed by atoms with Crippen molar-refractivity contribution in [2.45, 2.75) is 40.2 Å². The summed E-state index contributed by atoms with van der Waals surface area (Å²) in [6, 6.07) is 0. The molecule has 1 aromatic rings. The number of nitrogens with zero attached hydrogens (tertiary/aromatic N) is 4. The van der Waals surface area contributed by atoms with Crippen molar-refractivity contribution in [2.75, 3.05) is 20.1 Å². The minimum atomic E-state index is 0.416. The van der Waals surface area contributed by atoms with E-state index in [0.717, 1.165) is 25.5 Å². The van der Waals surface area contributed by atoms with Crippen molar-refractivity contribution < 1.29 is 4.52 Å². The molecule has 0 radical (unpaired) electrons. The summed E-state index contributed by atoms with van der Waals surface area (Å²) >= 11 is 0. The van der Waals surface area contributed by atoms with Gasteiger partial charge in [0.15, 0.2) is 11.8 Å². The maximum Gasteiger partial charge on any atom is 0.248 e. The Hall–Kier alpha value is -1.59. The van der Waals surface area contributed by atoms with Crippen LogP contribution in [0.5, 0.6) is 0 Å². The Balaban J connectivity index is 2.59. The molecule has 6 heteroatoms. The number of hydrogen-bond acceptors (Lipinski definition) is 4. The maximum absolute atomic E-state index is 5.04. The lowest BCUT2D eigenvalue weighted by Crippen LogP contribution is -2.39. The minimum absolute atomic E-state index is 0.416. The Labute approximate surface area is 108 Å². The van der Waals surface area contributed by atoms with E-state index in [2.05, 4.69) is 39.2 Å². The molecule has 1 rings (SSSR count). The molecule has 6 nitrogen and oxygen atoms in total. The SMILES string of the molecule is CCCCN(C)C(=NCc1nc(C)no1)NCC. The van der Waals surface area contributed by atoms with Gasteiger partial charge in [-0.05, 0) is 20.3 Å². The molecule has 0 saturated carbocycles. The van der Waals surface area contributed by atoms with Crippen molar-refractivity contribution in [2.24, 2.45) is 4.99 Å². The topological polar surface area (TPSA) is 66.5 Å². The lowest BCUT2D eigenvalue weighted by molar-refractivity contribution is 0.375. The maximum atomic E-state index is 5.04. The first-order valence-corrected chi connectivity index (χ1v) is 6.46. The largest absolute Gasteiger partial charge is 0.357 e. The third-order valence-electron chi connectivity index (χ3n) is 2.48. The fraction of sp³-hybridized carbons (Fsp3) is 0.750. The molecule has 0 unspecified atom stereocenters. The molecule has 0 amide bonds. The van der Waals surface area contributed by atoms with Crippen molar-refractivity contribution in [3.05, 3.63) is 11.7 Å². The average Bonchev–Trinajstić information content (AvgIpc) is 2.77. The standard InChI is InChI=1S/C12H23N5O/c1-5-7-8-17(4)12(13-6-2)14-9-11-15-10(3)16-18-11/h5-9H2,1-4H3,(H,13,14). The zero-order valence-electron chi connectivity index (χ0n) is 11.7. The van der Waals surface area contributed by atoms with Gasteiger partial charge in [-0.25, -0.2) is 4.99 Å². The van der Waals surface area contributed by atoms with Crippen LogP contribution in [-0.4, -0.2) is 41.1 Å². The van der Waals surface area contributed by atoms with Crippen LogP contribution in [0.4, 0.5) is 0 Å². The van der Waals surface area contributed by atoms with E-state index in [1.807, 2.05) is 7.05 Å². The number of hydrogen-bond donors (Lipinski definition) is 1. The van der Waals surface area contributed by atoms with Crippen LogP contribution in [0, 0.1) is 6.92 Å². The first-order valence-electron chi connectivity index (χ1n) is 6.46. The van der Waals surface area contributed by atoms with Gasteiger partial charge in [-0.3, -0.25) is 0 Å². The van der Waals surface area contributed by atoms with E-state index < -0.39 is 0 Å². The van der Waals surface area contributed by atoms with Crippen molar-refractivity contribution in [1.29, 1.82) is 0 Å². The quantitative estimate of drug-likeness (QED) is 0.616. The van der Waals surface area contributed by atoms with E-state index in [4.69, 9.17) is 4.52 Å². The summed E-state index contributed by atoms with van der Waals surface area (Å²) in [6.07, 6.45) is 2.33. The minimum Gasteiger partial charge on any atom is -0.357 e. The highest BCUT2D eigenvalue weighted by molar-refractivity contribution is 5.79. The Kier molecular flexibility index (Phi) is 6.18. The third kappa shape index (κ3) is 4.73. The van der Waals surface area contributed by atoms with Crippen LogP contribution >= 0.6 is 0 Å². The van der Waals surface area contributed by atoms with Crippen LogP contribution in [0.2, 0.25) is 0 Å². The van der Waals surface area contributed by atoms with Gasteiger partial charge in [0.05, 0.1) is 0 Å². The summed E-state index contributed by atoms with van der Waals surface area (Å²) in [7, 11) is 2.04. The van der Waals surface area contributed by atoms with Crippen LogP contribution in [0.25, 0.3) is 0 Å². The molecule has 1 heterocycles. The van der Waals surface area contributed by atoms with Gasteiger partial charge < -0.3 is 14.7 Å². The molecule has 1 aromatic heterocycles. The lowest BCUT2D eigenvalue weighted by atomic mass is 10.3. The van der Waals surface area contributed by atoms with Gasteiger partial charge in [0, 0.05) is 20.1 Å². The summed E-state index contributed by atoms with van der Waals surface area (Å²) in [4.78, 5) is 10.7. The molecule has 0 atom stereocenters. The second-order valence-corrected chi connectivity index (χ2v) is 4.18. The summed E-state index contributed by atoms with van der Waals surface area (Å²) in [6.45, 7) is 8.29. The monoisotopic (exact) mass is 253 g/mol. The summed E-state index contributed by atoms with van der Waals surface area (Å²) < 4.78 is 5.04. The first-order chi connectivity index (χ1) is 8.67. The van der Waals surface area contributed by atoms with Crippen molar-refractivity contribution in [1.82, 2.24) is 20.4 Å². The summed E-state index contributed by atoms with van der Waals surface area (Å²) in [5, 5.41) is 7.00. The normalized spacial score (nSPS) is 11.7. The molecule has 0 spiro atoms. The van der Waals surface area contributed by atoms with Crippen molar-refractivity contribution in [3.8, 4) is 0 Å². The first kappa shape index (κ1) is 14.5. The van der Waals surface area contributed by atoms with Crippen LogP contribution in [-0.2, 0) is 6.54 Å². The molecule has 0 aliphatic rings. The zero-order chi connectivity index (χ0) is 13.4. The van der Waals surface area contributed by atoms with E-state index >= 15 is 0 Å². The van der Waals surface area contributed by atoms with Crippen LogP contribution < -0.4 is 5.32 Å².